The van der Waals surface area contributed by atoms with Gasteiger partial charge in [0, 0.05) is 6.04 Å². The van der Waals surface area contributed by atoms with Gasteiger partial charge in [-0.1, -0.05) is 30.3 Å². The van der Waals surface area contributed by atoms with Crippen LogP contribution >= 0.6 is 0 Å². The van der Waals surface area contributed by atoms with Crippen molar-refractivity contribution < 1.29 is 14.6 Å². The average Bonchev–Trinajstić information content (AvgIpc) is 2.45. The van der Waals surface area contributed by atoms with Gasteiger partial charge in [-0.3, -0.25) is 4.79 Å². The van der Waals surface area contributed by atoms with Gasteiger partial charge in [-0.15, -0.1) is 0 Å². The number of carbonyl (C=O) groups is 1. The van der Waals surface area contributed by atoms with Crippen LogP contribution < -0.4 is 10.1 Å². The molecule has 0 unspecified atom stereocenters. The maximum atomic E-state index is 12.7. The molecule has 2 aromatic rings. The second kappa shape index (κ2) is 5.61. The fourth-order valence-electron chi connectivity index (χ4n) is 3.12. The van der Waals surface area contributed by atoms with Crippen molar-refractivity contribution in [1.29, 1.82) is 0 Å². The van der Waals surface area contributed by atoms with Crippen molar-refractivity contribution >= 4 is 16.7 Å². The number of rotatable bonds is 4. The van der Waals surface area contributed by atoms with Gasteiger partial charge in [0.15, 0.2) is 0 Å². The van der Waals surface area contributed by atoms with Gasteiger partial charge in [0.25, 0.3) is 5.91 Å². The molecule has 4 heteroatoms. The SMILES string of the molecule is CCOc1ccc2ccccc2c1C(=O)NC1CC(C)(O)C1. The minimum absolute atomic E-state index is 0.0240. The highest BCUT2D eigenvalue weighted by molar-refractivity contribution is 6.09. The standard InChI is InChI=1S/C18H21NO3/c1-3-22-15-9-8-12-6-4-5-7-14(12)16(15)17(20)19-13-10-18(2,21)11-13/h4-9,13,21H,3,10-11H2,1-2H3,(H,19,20). The highest BCUT2D eigenvalue weighted by Gasteiger charge is 2.39. The Balaban J connectivity index is 1.93. The van der Waals surface area contributed by atoms with Crippen LogP contribution in [0.15, 0.2) is 36.4 Å². The summed E-state index contributed by atoms with van der Waals surface area (Å²) in [5.41, 5.74) is -0.0779. The van der Waals surface area contributed by atoms with Crippen LogP contribution in [0.4, 0.5) is 0 Å². The van der Waals surface area contributed by atoms with Gasteiger partial charge in [-0.25, -0.2) is 0 Å². The van der Waals surface area contributed by atoms with E-state index >= 15 is 0 Å². The van der Waals surface area contributed by atoms with Crippen molar-refractivity contribution in [3.8, 4) is 5.75 Å². The van der Waals surface area contributed by atoms with E-state index in [4.69, 9.17) is 4.74 Å². The molecule has 1 fully saturated rings. The van der Waals surface area contributed by atoms with Crippen LogP contribution in [0.3, 0.4) is 0 Å². The molecular formula is C18H21NO3. The van der Waals surface area contributed by atoms with E-state index in [-0.39, 0.29) is 11.9 Å². The van der Waals surface area contributed by atoms with Crippen LogP contribution in [-0.4, -0.2) is 29.3 Å². The Morgan fingerprint density at radius 1 is 1.32 bits per heavy atom. The molecule has 116 valence electrons. The van der Waals surface area contributed by atoms with E-state index < -0.39 is 5.60 Å². The van der Waals surface area contributed by atoms with Crippen molar-refractivity contribution in [1.82, 2.24) is 5.32 Å². The second-order valence-electron chi connectivity index (χ2n) is 6.17. The van der Waals surface area contributed by atoms with Crippen LogP contribution in [0, 0.1) is 0 Å². The first-order chi connectivity index (χ1) is 10.5. The molecule has 3 rings (SSSR count). The third-order valence-corrected chi connectivity index (χ3v) is 4.13. The summed E-state index contributed by atoms with van der Waals surface area (Å²) in [6.07, 6.45) is 1.18. The summed E-state index contributed by atoms with van der Waals surface area (Å²) in [7, 11) is 0. The third-order valence-electron chi connectivity index (χ3n) is 4.13. The van der Waals surface area contributed by atoms with Crippen molar-refractivity contribution in [2.75, 3.05) is 6.61 Å². The molecule has 4 nitrogen and oxygen atoms in total. The predicted molar refractivity (Wildman–Crippen MR) is 86.2 cm³/mol. The van der Waals surface area contributed by atoms with Crippen LogP contribution in [0.25, 0.3) is 10.8 Å². The molecule has 22 heavy (non-hydrogen) atoms. The summed E-state index contributed by atoms with van der Waals surface area (Å²) in [5.74, 6) is 0.463. The Kier molecular flexibility index (Phi) is 3.79. The summed E-state index contributed by atoms with van der Waals surface area (Å²) in [6, 6.07) is 11.6. The number of amides is 1. The normalized spacial score (nSPS) is 23.9. The van der Waals surface area contributed by atoms with Gasteiger partial charge in [0.1, 0.15) is 5.75 Å². The molecule has 0 saturated heterocycles. The minimum Gasteiger partial charge on any atom is -0.493 e. The molecule has 2 N–H and O–H groups in total. The Hall–Kier alpha value is -2.07. The number of hydrogen-bond acceptors (Lipinski definition) is 3. The van der Waals surface area contributed by atoms with Crippen molar-refractivity contribution in [2.24, 2.45) is 0 Å². The fourth-order valence-corrected chi connectivity index (χ4v) is 3.12. The van der Waals surface area contributed by atoms with Crippen LogP contribution in [0.2, 0.25) is 0 Å². The first-order valence-corrected chi connectivity index (χ1v) is 7.68. The quantitative estimate of drug-likeness (QED) is 0.912. The van der Waals surface area contributed by atoms with Gasteiger partial charge in [-0.2, -0.15) is 0 Å². The van der Waals surface area contributed by atoms with Crippen molar-refractivity contribution in [3.05, 3.63) is 42.0 Å². The van der Waals surface area contributed by atoms with Crippen LogP contribution in [0.5, 0.6) is 5.75 Å². The summed E-state index contributed by atoms with van der Waals surface area (Å²) >= 11 is 0. The number of hydrogen-bond donors (Lipinski definition) is 2. The molecular weight excluding hydrogens is 278 g/mol. The average molecular weight is 299 g/mol. The number of benzene rings is 2. The highest BCUT2D eigenvalue weighted by atomic mass is 16.5. The van der Waals surface area contributed by atoms with E-state index in [1.165, 1.54) is 0 Å². The van der Waals surface area contributed by atoms with Gasteiger partial charge in [-0.05, 0) is 43.5 Å². The lowest BCUT2D eigenvalue weighted by atomic mass is 9.77. The molecule has 1 amide bonds. The summed E-state index contributed by atoms with van der Waals surface area (Å²) in [6.45, 7) is 4.20. The van der Waals surface area contributed by atoms with Crippen molar-refractivity contribution in [3.63, 3.8) is 0 Å². The molecule has 0 heterocycles. The lowest BCUT2D eigenvalue weighted by molar-refractivity contribution is -0.0366. The number of aliphatic hydroxyl groups is 1. The predicted octanol–water partition coefficient (Wildman–Crippen LogP) is 2.88. The zero-order valence-electron chi connectivity index (χ0n) is 12.9. The number of carbonyl (C=O) groups excluding carboxylic acids is 1. The zero-order valence-corrected chi connectivity index (χ0v) is 12.9. The molecule has 1 aliphatic carbocycles. The largest absolute Gasteiger partial charge is 0.493 e. The second-order valence-corrected chi connectivity index (χ2v) is 6.17. The van der Waals surface area contributed by atoms with E-state index in [0.717, 1.165) is 10.8 Å². The maximum Gasteiger partial charge on any atom is 0.255 e. The smallest absolute Gasteiger partial charge is 0.255 e. The fraction of sp³-hybridized carbons (Fsp3) is 0.389. The van der Waals surface area contributed by atoms with Gasteiger partial charge < -0.3 is 15.2 Å². The Morgan fingerprint density at radius 3 is 2.73 bits per heavy atom. The molecule has 2 aromatic carbocycles. The van der Waals surface area contributed by atoms with Crippen LogP contribution in [-0.2, 0) is 0 Å². The molecule has 1 saturated carbocycles. The number of nitrogens with one attached hydrogen (secondary N) is 1. The monoisotopic (exact) mass is 299 g/mol. The molecule has 1 aliphatic rings. The van der Waals surface area contributed by atoms with Crippen molar-refractivity contribution in [2.45, 2.75) is 38.3 Å². The molecule has 0 aliphatic heterocycles. The Labute approximate surface area is 130 Å². The Bertz CT molecular complexity index is 701. The number of fused-ring (bicyclic) bond motifs is 1. The molecule has 0 radical (unpaired) electrons. The molecule has 0 spiro atoms. The Morgan fingerprint density at radius 2 is 2.05 bits per heavy atom. The summed E-state index contributed by atoms with van der Waals surface area (Å²) in [4.78, 5) is 12.7. The van der Waals surface area contributed by atoms with E-state index in [1.807, 2.05) is 43.3 Å². The van der Waals surface area contributed by atoms with Gasteiger partial charge >= 0.3 is 0 Å². The van der Waals surface area contributed by atoms with Gasteiger partial charge in [0.05, 0.1) is 17.8 Å². The minimum atomic E-state index is -0.653. The topological polar surface area (TPSA) is 58.6 Å². The zero-order chi connectivity index (χ0) is 15.7. The summed E-state index contributed by atoms with van der Waals surface area (Å²) in [5, 5.41) is 14.7. The first-order valence-electron chi connectivity index (χ1n) is 7.68. The lowest BCUT2D eigenvalue weighted by Gasteiger charge is -2.41. The molecule has 0 atom stereocenters. The summed E-state index contributed by atoms with van der Waals surface area (Å²) < 4.78 is 5.63. The van der Waals surface area contributed by atoms with E-state index in [1.54, 1.807) is 6.92 Å². The van der Waals surface area contributed by atoms with E-state index in [2.05, 4.69) is 5.32 Å². The molecule has 0 aromatic heterocycles. The lowest BCUT2D eigenvalue weighted by Crippen LogP contribution is -2.53. The van der Waals surface area contributed by atoms with E-state index in [9.17, 15) is 9.90 Å². The maximum absolute atomic E-state index is 12.7. The first kappa shape index (κ1) is 14.9. The number of ether oxygens (including phenoxy) is 1. The molecule has 0 bridgehead atoms. The van der Waals surface area contributed by atoms with Gasteiger partial charge in [0.2, 0.25) is 0 Å². The van der Waals surface area contributed by atoms with E-state index in [0.29, 0.717) is 30.8 Å². The third kappa shape index (κ3) is 2.79. The van der Waals surface area contributed by atoms with Crippen LogP contribution in [0.1, 0.15) is 37.0 Å². The highest BCUT2D eigenvalue weighted by Crippen LogP contribution is 2.33.